The maximum Gasteiger partial charge on any atom is 0.0711 e. The third kappa shape index (κ3) is 5.78. The fourth-order valence-corrected chi connectivity index (χ4v) is 8.60. The SMILES string of the molecule is C1=C(c2cccc(-c3ccc(C4=N/C(c5ccccc5)=C\C(c5ccccc5)=C/CC4)cc3)c2)c2c(sc3ccccc23)-c2ccccc2C1. The summed E-state index contributed by atoms with van der Waals surface area (Å²) in [6, 6.07) is 57.0. The highest BCUT2D eigenvalue weighted by Crippen LogP contribution is 2.47. The third-order valence-corrected chi connectivity index (χ3v) is 11.1. The van der Waals surface area contributed by atoms with Gasteiger partial charge in [0.25, 0.3) is 0 Å². The number of aliphatic imine (C=N–C) groups is 1. The minimum atomic E-state index is 0.878. The van der Waals surface area contributed by atoms with Crippen molar-refractivity contribution < 1.29 is 0 Å². The van der Waals surface area contributed by atoms with Gasteiger partial charge in [0.05, 0.1) is 5.70 Å². The molecule has 0 atom stereocenters. The summed E-state index contributed by atoms with van der Waals surface area (Å²) in [4.78, 5) is 6.70. The number of fused-ring (bicyclic) bond motifs is 5. The fraction of sp³-hybridized carbons (Fsp3) is 0.0625. The van der Waals surface area contributed by atoms with Crippen molar-refractivity contribution in [1.82, 2.24) is 0 Å². The van der Waals surface area contributed by atoms with E-state index in [1.165, 1.54) is 70.6 Å². The lowest BCUT2D eigenvalue weighted by Crippen LogP contribution is -2.03. The molecule has 1 aliphatic carbocycles. The summed E-state index contributed by atoms with van der Waals surface area (Å²) in [5.74, 6) is 0. The Balaban J connectivity index is 1.06. The second-order valence-corrected chi connectivity index (χ2v) is 14.0. The van der Waals surface area contributed by atoms with Crippen molar-refractivity contribution in [3.05, 3.63) is 209 Å². The molecular formula is C48H35NS. The molecule has 0 amide bonds. The van der Waals surface area contributed by atoms with Gasteiger partial charge in [0.1, 0.15) is 0 Å². The second kappa shape index (κ2) is 13.2. The van der Waals surface area contributed by atoms with Crippen LogP contribution in [0.2, 0.25) is 0 Å². The number of hydrogen-bond acceptors (Lipinski definition) is 2. The van der Waals surface area contributed by atoms with Crippen LogP contribution in [0.4, 0.5) is 0 Å². The number of hydrogen-bond donors (Lipinski definition) is 0. The zero-order valence-corrected chi connectivity index (χ0v) is 28.5. The van der Waals surface area contributed by atoms with Gasteiger partial charge in [-0.05, 0) is 87.6 Å². The Morgan fingerprint density at radius 2 is 1.20 bits per heavy atom. The first-order valence-electron chi connectivity index (χ1n) is 17.4. The molecule has 2 heterocycles. The van der Waals surface area contributed by atoms with Gasteiger partial charge in [0.2, 0.25) is 0 Å². The van der Waals surface area contributed by atoms with E-state index < -0.39 is 0 Å². The summed E-state index contributed by atoms with van der Waals surface area (Å²) in [6.07, 6.45) is 9.77. The zero-order valence-electron chi connectivity index (χ0n) is 27.7. The van der Waals surface area contributed by atoms with E-state index in [1.54, 1.807) is 0 Å². The van der Waals surface area contributed by atoms with Crippen LogP contribution in [-0.2, 0) is 6.42 Å². The van der Waals surface area contributed by atoms with E-state index >= 15 is 0 Å². The molecule has 2 aliphatic rings. The van der Waals surface area contributed by atoms with E-state index in [2.05, 4.69) is 176 Å². The third-order valence-electron chi connectivity index (χ3n) is 9.85. The van der Waals surface area contributed by atoms with Crippen LogP contribution < -0.4 is 0 Å². The quantitative estimate of drug-likeness (QED) is 0.175. The van der Waals surface area contributed by atoms with Crippen LogP contribution in [0.15, 0.2) is 181 Å². The smallest absolute Gasteiger partial charge is 0.0711 e. The molecule has 0 saturated carbocycles. The molecule has 50 heavy (non-hydrogen) atoms. The molecule has 9 rings (SSSR count). The van der Waals surface area contributed by atoms with Crippen LogP contribution in [0.3, 0.4) is 0 Å². The van der Waals surface area contributed by atoms with Crippen molar-refractivity contribution in [1.29, 1.82) is 0 Å². The Morgan fingerprint density at radius 1 is 0.520 bits per heavy atom. The molecule has 0 saturated heterocycles. The molecule has 1 aromatic heterocycles. The van der Waals surface area contributed by atoms with E-state index in [-0.39, 0.29) is 0 Å². The van der Waals surface area contributed by atoms with Crippen LogP contribution >= 0.6 is 11.3 Å². The highest BCUT2D eigenvalue weighted by atomic mass is 32.1. The van der Waals surface area contributed by atoms with E-state index in [0.29, 0.717) is 0 Å². The highest BCUT2D eigenvalue weighted by molar-refractivity contribution is 7.22. The summed E-state index contributed by atoms with van der Waals surface area (Å²) in [5, 5.41) is 1.33. The van der Waals surface area contributed by atoms with Gasteiger partial charge in [-0.2, -0.15) is 0 Å². The topological polar surface area (TPSA) is 12.4 Å². The molecule has 0 bridgehead atoms. The van der Waals surface area contributed by atoms with E-state index in [9.17, 15) is 0 Å². The van der Waals surface area contributed by atoms with Crippen molar-refractivity contribution in [2.75, 3.05) is 0 Å². The summed E-state index contributed by atoms with van der Waals surface area (Å²) < 4.78 is 1.33. The first-order chi connectivity index (χ1) is 24.8. The molecule has 6 aromatic carbocycles. The maximum absolute atomic E-state index is 5.33. The average Bonchev–Trinajstić information content (AvgIpc) is 3.47. The van der Waals surface area contributed by atoms with E-state index in [1.807, 2.05) is 11.3 Å². The van der Waals surface area contributed by atoms with Crippen molar-refractivity contribution in [2.24, 2.45) is 4.99 Å². The molecule has 238 valence electrons. The highest BCUT2D eigenvalue weighted by Gasteiger charge is 2.23. The summed E-state index contributed by atoms with van der Waals surface area (Å²) in [6.45, 7) is 0. The lowest BCUT2D eigenvalue weighted by atomic mass is 9.92. The van der Waals surface area contributed by atoms with E-state index in [4.69, 9.17) is 4.99 Å². The Kier molecular flexibility index (Phi) is 8.00. The minimum Gasteiger partial charge on any atom is -0.252 e. The van der Waals surface area contributed by atoms with Gasteiger partial charge in [-0.15, -0.1) is 11.3 Å². The Bertz CT molecular complexity index is 2470. The van der Waals surface area contributed by atoms with Gasteiger partial charge in [-0.1, -0.05) is 158 Å². The Hall–Kier alpha value is -5.83. The molecule has 2 heteroatoms. The van der Waals surface area contributed by atoms with Gasteiger partial charge < -0.3 is 0 Å². The summed E-state index contributed by atoms with van der Waals surface area (Å²) in [7, 11) is 0. The monoisotopic (exact) mass is 657 g/mol. The van der Waals surface area contributed by atoms with Crippen molar-refractivity contribution in [3.8, 4) is 21.6 Å². The molecule has 7 aromatic rings. The van der Waals surface area contributed by atoms with Gasteiger partial charge in [-0.3, -0.25) is 4.99 Å². The van der Waals surface area contributed by atoms with Gasteiger partial charge in [0, 0.05) is 31.8 Å². The number of rotatable bonds is 5. The van der Waals surface area contributed by atoms with Crippen molar-refractivity contribution in [3.63, 3.8) is 0 Å². The van der Waals surface area contributed by atoms with Gasteiger partial charge >= 0.3 is 0 Å². The average molecular weight is 658 g/mol. The van der Waals surface area contributed by atoms with Crippen LogP contribution in [0.25, 0.3) is 48.5 Å². The minimum absolute atomic E-state index is 0.878. The predicted octanol–water partition coefficient (Wildman–Crippen LogP) is 12.9. The molecular weight excluding hydrogens is 623 g/mol. The van der Waals surface area contributed by atoms with Crippen LogP contribution in [0, 0.1) is 0 Å². The summed E-state index contributed by atoms with van der Waals surface area (Å²) >= 11 is 1.91. The molecule has 0 N–H and O–H groups in total. The van der Waals surface area contributed by atoms with Crippen LogP contribution in [0.5, 0.6) is 0 Å². The van der Waals surface area contributed by atoms with Gasteiger partial charge in [0.15, 0.2) is 0 Å². The first-order valence-corrected chi connectivity index (χ1v) is 18.2. The second-order valence-electron chi connectivity index (χ2n) is 13.0. The normalized spacial score (nSPS) is 16.3. The van der Waals surface area contributed by atoms with Gasteiger partial charge in [-0.25, -0.2) is 0 Å². The lowest BCUT2D eigenvalue weighted by molar-refractivity contribution is 1.09. The molecule has 0 spiro atoms. The summed E-state index contributed by atoms with van der Waals surface area (Å²) in [5.41, 5.74) is 15.9. The number of thiophene rings is 1. The molecule has 0 unspecified atom stereocenters. The maximum atomic E-state index is 5.33. The number of allylic oxidation sites excluding steroid dienone is 4. The lowest BCUT2D eigenvalue weighted by Gasteiger charge is -2.15. The van der Waals surface area contributed by atoms with Crippen molar-refractivity contribution in [2.45, 2.75) is 19.3 Å². The molecule has 1 aliphatic heterocycles. The Morgan fingerprint density at radius 3 is 2.04 bits per heavy atom. The predicted molar refractivity (Wildman–Crippen MR) is 215 cm³/mol. The Labute approximate surface area is 298 Å². The zero-order chi connectivity index (χ0) is 33.3. The molecule has 0 fully saturated rings. The standard InChI is InChI=1S/C48H35NS/c1-3-13-33(14-4-1)39-19-12-23-44(49-45(32-39)36-16-5-2-6-17-36)37-27-25-34(26-28-37)38-18-11-20-40(31-38)41-30-29-35-15-7-8-21-42(35)48-47(41)43-22-9-10-24-46(43)50-48/h1-11,13-22,24-28,30-32H,12,23,29H2/b39-19+,45-32-,49-44?. The molecule has 1 nitrogen and oxygen atoms in total. The largest absolute Gasteiger partial charge is 0.252 e. The first kappa shape index (κ1) is 30.2. The fourth-order valence-electron chi connectivity index (χ4n) is 7.32. The van der Waals surface area contributed by atoms with Crippen LogP contribution in [-0.4, -0.2) is 5.71 Å². The molecule has 0 radical (unpaired) electrons. The van der Waals surface area contributed by atoms with Crippen molar-refractivity contribution >= 4 is 44.0 Å². The van der Waals surface area contributed by atoms with E-state index in [0.717, 1.165) is 36.2 Å². The van der Waals surface area contributed by atoms with Crippen LogP contribution in [0.1, 0.15) is 46.2 Å². The number of nitrogens with zero attached hydrogens (tertiary/aromatic N) is 1. The number of benzene rings is 6.